The Bertz CT molecular complexity index is 556. The van der Waals surface area contributed by atoms with Gasteiger partial charge in [-0.2, -0.15) is 4.31 Å². The molecule has 2 heterocycles. The molecule has 0 saturated carbocycles. The Labute approximate surface area is 132 Å². The minimum Gasteiger partial charge on any atom is -0.310 e. The molecule has 4 nitrogen and oxygen atoms in total. The molecule has 2 rings (SSSR count). The molecule has 0 radical (unpaired) electrons. The van der Waals surface area contributed by atoms with Crippen LogP contribution in [0.4, 0.5) is 0 Å². The van der Waals surface area contributed by atoms with Crippen LogP contribution in [-0.4, -0.2) is 30.8 Å². The highest BCUT2D eigenvalue weighted by molar-refractivity contribution is 7.89. The maximum atomic E-state index is 12.9. The van der Waals surface area contributed by atoms with E-state index in [0.29, 0.717) is 10.9 Å². The number of rotatable bonds is 5. The molecular weight excluding hydrogens is 304 g/mol. The quantitative estimate of drug-likeness (QED) is 0.902. The highest BCUT2D eigenvalue weighted by Crippen LogP contribution is 2.31. The van der Waals surface area contributed by atoms with Crippen LogP contribution in [0.5, 0.6) is 0 Å². The molecule has 1 aliphatic rings. The Kier molecular flexibility index (Phi) is 5.46. The summed E-state index contributed by atoms with van der Waals surface area (Å²) >= 11 is 1.52. The Morgan fingerprint density at radius 2 is 1.95 bits per heavy atom. The molecule has 2 atom stereocenters. The third kappa shape index (κ3) is 3.86. The van der Waals surface area contributed by atoms with Crippen molar-refractivity contribution in [3.05, 3.63) is 16.3 Å². The third-order valence-electron chi connectivity index (χ3n) is 4.00. The molecule has 1 fully saturated rings. The number of nitrogens with one attached hydrogen (secondary N) is 1. The zero-order chi connectivity index (χ0) is 15.6. The molecule has 120 valence electrons. The van der Waals surface area contributed by atoms with E-state index in [1.165, 1.54) is 11.3 Å². The lowest BCUT2D eigenvalue weighted by molar-refractivity contribution is 0.204. The van der Waals surface area contributed by atoms with Gasteiger partial charge in [0.2, 0.25) is 10.0 Å². The largest absolute Gasteiger partial charge is 0.310 e. The Morgan fingerprint density at radius 3 is 2.52 bits per heavy atom. The van der Waals surface area contributed by atoms with Crippen LogP contribution < -0.4 is 5.32 Å². The molecule has 6 heteroatoms. The molecule has 1 N–H and O–H groups in total. The van der Waals surface area contributed by atoms with Crippen LogP contribution in [-0.2, 0) is 16.6 Å². The third-order valence-corrected chi connectivity index (χ3v) is 7.19. The van der Waals surface area contributed by atoms with Gasteiger partial charge >= 0.3 is 0 Å². The second-order valence-electron chi connectivity index (χ2n) is 6.25. The fraction of sp³-hybridized carbons (Fsp3) is 0.733. The molecule has 21 heavy (non-hydrogen) atoms. The van der Waals surface area contributed by atoms with Crippen molar-refractivity contribution in [2.24, 2.45) is 0 Å². The van der Waals surface area contributed by atoms with Gasteiger partial charge in [0.15, 0.2) is 0 Å². The van der Waals surface area contributed by atoms with Gasteiger partial charge in [-0.15, -0.1) is 11.3 Å². The van der Waals surface area contributed by atoms with E-state index in [0.717, 1.165) is 30.7 Å². The SMILES string of the molecule is CC(C)NCc1cc(S(=O)(=O)N2C(C)CCCC2C)cs1. The van der Waals surface area contributed by atoms with Crippen LogP contribution in [0.25, 0.3) is 0 Å². The summed E-state index contributed by atoms with van der Waals surface area (Å²) in [5.74, 6) is 0. The van der Waals surface area contributed by atoms with E-state index in [1.54, 1.807) is 9.69 Å². The van der Waals surface area contributed by atoms with Crippen LogP contribution in [0.3, 0.4) is 0 Å². The van der Waals surface area contributed by atoms with Crippen molar-refractivity contribution in [2.75, 3.05) is 0 Å². The second-order valence-corrected chi connectivity index (χ2v) is 9.09. The van der Waals surface area contributed by atoms with Crippen molar-refractivity contribution in [2.45, 2.75) is 76.5 Å². The average molecular weight is 331 g/mol. The van der Waals surface area contributed by atoms with E-state index in [4.69, 9.17) is 0 Å². The summed E-state index contributed by atoms with van der Waals surface area (Å²) in [7, 11) is -3.36. The summed E-state index contributed by atoms with van der Waals surface area (Å²) < 4.78 is 27.4. The zero-order valence-electron chi connectivity index (χ0n) is 13.3. The first-order valence-corrected chi connectivity index (χ1v) is 9.98. The van der Waals surface area contributed by atoms with Gasteiger partial charge in [0, 0.05) is 34.9 Å². The first-order valence-electron chi connectivity index (χ1n) is 7.66. The van der Waals surface area contributed by atoms with E-state index in [9.17, 15) is 8.42 Å². The number of hydrogen-bond acceptors (Lipinski definition) is 4. The van der Waals surface area contributed by atoms with E-state index in [1.807, 2.05) is 19.9 Å². The van der Waals surface area contributed by atoms with Gasteiger partial charge in [0.1, 0.15) is 0 Å². The molecule has 1 aromatic rings. The molecular formula is C15H26N2O2S2. The Morgan fingerprint density at radius 1 is 1.33 bits per heavy atom. The van der Waals surface area contributed by atoms with Gasteiger partial charge in [-0.1, -0.05) is 20.3 Å². The second kappa shape index (κ2) is 6.77. The highest BCUT2D eigenvalue weighted by atomic mass is 32.2. The summed E-state index contributed by atoms with van der Waals surface area (Å²) in [5, 5.41) is 5.10. The minimum atomic E-state index is -3.36. The molecule has 1 saturated heterocycles. The van der Waals surface area contributed by atoms with Gasteiger partial charge in [0.25, 0.3) is 0 Å². The van der Waals surface area contributed by atoms with Gasteiger partial charge in [0.05, 0.1) is 4.90 Å². The van der Waals surface area contributed by atoms with Crippen molar-refractivity contribution in [1.82, 2.24) is 9.62 Å². The summed E-state index contributed by atoms with van der Waals surface area (Å²) in [6.45, 7) is 8.93. The van der Waals surface area contributed by atoms with Crippen molar-refractivity contribution >= 4 is 21.4 Å². The first-order chi connectivity index (χ1) is 9.82. The predicted molar refractivity (Wildman–Crippen MR) is 88.1 cm³/mol. The van der Waals surface area contributed by atoms with Crippen molar-refractivity contribution in [3.8, 4) is 0 Å². The highest BCUT2D eigenvalue weighted by Gasteiger charge is 2.36. The zero-order valence-corrected chi connectivity index (χ0v) is 14.9. The fourth-order valence-corrected chi connectivity index (χ4v) is 5.98. The Hall–Kier alpha value is -0.430. The molecule has 0 aliphatic carbocycles. The lowest BCUT2D eigenvalue weighted by Crippen LogP contribution is -2.47. The van der Waals surface area contributed by atoms with E-state index >= 15 is 0 Å². The number of sulfonamides is 1. The van der Waals surface area contributed by atoms with Gasteiger partial charge in [-0.05, 0) is 32.8 Å². The maximum Gasteiger partial charge on any atom is 0.244 e. The van der Waals surface area contributed by atoms with E-state index in [-0.39, 0.29) is 12.1 Å². The normalized spacial score (nSPS) is 24.6. The van der Waals surface area contributed by atoms with Crippen molar-refractivity contribution < 1.29 is 8.42 Å². The molecule has 1 aliphatic heterocycles. The van der Waals surface area contributed by atoms with E-state index < -0.39 is 10.0 Å². The molecule has 0 aromatic carbocycles. The monoisotopic (exact) mass is 330 g/mol. The average Bonchev–Trinajstić information content (AvgIpc) is 2.85. The van der Waals surface area contributed by atoms with E-state index in [2.05, 4.69) is 19.2 Å². The van der Waals surface area contributed by atoms with Crippen molar-refractivity contribution in [3.63, 3.8) is 0 Å². The molecule has 0 spiro atoms. The number of piperidine rings is 1. The molecule has 1 aromatic heterocycles. The van der Waals surface area contributed by atoms with Crippen LogP contribution in [0.1, 0.15) is 51.8 Å². The Balaban J connectivity index is 2.19. The standard InChI is InChI=1S/C15H26N2O2S2/c1-11(2)16-9-14-8-15(10-20-14)21(18,19)17-12(3)6-5-7-13(17)4/h8,10-13,16H,5-7,9H2,1-4H3. The summed E-state index contributed by atoms with van der Waals surface area (Å²) in [6, 6.07) is 2.41. The lowest BCUT2D eigenvalue weighted by atomic mass is 10.0. The smallest absolute Gasteiger partial charge is 0.244 e. The number of nitrogens with zero attached hydrogens (tertiary/aromatic N) is 1. The van der Waals surface area contributed by atoms with Crippen LogP contribution >= 0.6 is 11.3 Å². The van der Waals surface area contributed by atoms with Crippen LogP contribution in [0.15, 0.2) is 16.3 Å². The van der Waals surface area contributed by atoms with Gasteiger partial charge in [-0.25, -0.2) is 8.42 Å². The summed E-state index contributed by atoms with van der Waals surface area (Å²) in [6.07, 6.45) is 3.02. The lowest BCUT2D eigenvalue weighted by Gasteiger charge is -2.37. The molecule has 2 unspecified atom stereocenters. The topological polar surface area (TPSA) is 49.4 Å². The predicted octanol–water partition coefficient (Wildman–Crippen LogP) is 3.20. The minimum absolute atomic E-state index is 0.0934. The number of thiophene rings is 1. The van der Waals surface area contributed by atoms with Crippen LogP contribution in [0, 0.1) is 0 Å². The van der Waals surface area contributed by atoms with Crippen molar-refractivity contribution in [1.29, 1.82) is 0 Å². The summed E-state index contributed by atoms with van der Waals surface area (Å²) in [4.78, 5) is 1.52. The molecule has 0 amide bonds. The summed E-state index contributed by atoms with van der Waals surface area (Å²) in [5.41, 5.74) is 0. The van der Waals surface area contributed by atoms with Gasteiger partial charge in [-0.3, -0.25) is 0 Å². The maximum absolute atomic E-state index is 12.9. The van der Waals surface area contributed by atoms with Crippen LogP contribution in [0.2, 0.25) is 0 Å². The fourth-order valence-electron chi connectivity index (χ4n) is 2.89. The molecule has 0 bridgehead atoms. The first kappa shape index (κ1) is 16.9. The number of hydrogen-bond donors (Lipinski definition) is 1. The van der Waals surface area contributed by atoms with Gasteiger partial charge < -0.3 is 5.32 Å².